The third-order valence-corrected chi connectivity index (χ3v) is 25.9. The Balaban J connectivity index is 0.000000134. The molecule has 0 saturated heterocycles. The van der Waals surface area contributed by atoms with E-state index in [0.29, 0.717) is 45.9 Å². The van der Waals surface area contributed by atoms with Crippen LogP contribution in [0, 0.1) is 46.9 Å². The molecule has 0 aliphatic heterocycles. The summed E-state index contributed by atoms with van der Waals surface area (Å²) in [6.45, 7) is 18.1. The van der Waals surface area contributed by atoms with Crippen LogP contribution in [0.2, 0.25) is 0 Å². The number of hydrogen-bond donors (Lipinski definition) is 0. The quantitative estimate of drug-likeness (QED) is 0.0708. The Kier molecular flexibility index (Phi) is 29.5. The highest BCUT2D eigenvalue weighted by molar-refractivity contribution is 5.76. The van der Waals surface area contributed by atoms with Gasteiger partial charge in [-0.3, -0.25) is 0 Å². The summed E-state index contributed by atoms with van der Waals surface area (Å²) < 4.78 is 59.6. The highest BCUT2D eigenvalue weighted by Crippen LogP contribution is 2.43. The molecular weight excluding hydrogens is 1410 g/mol. The molecule has 4 fully saturated rings. The molecule has 12 aromatic rings. The summed E-state index contributed by atoms with van der Waals surface area (Å²) in [6.07, 6.45) is 28.5. The molecule has 16 rings (SSSR count). The van der Waals surface area contributed by atoms with E-state index >= 15 is 0 Å². The van der Waals surface area contributed by atoms with Gasteiger partial charge in [0.05, 0.1) is 0 Å². The summed E-state index contributed by atoms with van der Waals surface area (Å²) in [4.78, 5) is 0. The molecule has 0 heterocycles. The second kappa shape index (κ2) is 40.8. The van der Waals surface area contributed by atoms with Crippen LogP contribution in [0.1, 0.15) is 246 Å². The van der Waals surface area contributed by atoms with E-state index in [0.717, 1.165) is 135 Å². The van der Waals surface area contributed by atoms with Gasteiger partial charge >= 0.3 is 0 Å². The third-order valence-electron chi connectivity index (χ3n) is 25.9. The first-order valence-corrected chi connectivity index (χ1v) is 44.0. The van der Waals surface area contributed by atoms with Gasteiger partial charge in [-0.25, -0.2) is 17.6 Å². The van der Waals surface area contributed by atoms with Crippen molar-refractivity contribution >= 4 is 0 Å². The van der Waals surface area contributed by atoms with Gasteiger partial charge in [0.2, 0.25) is 0 Å². The molecule has 0 bridgehead atoms. The first kappa shape index (κ1) is 83.3. The summed E-state index contributed by atoms with van der Waals surface area (Å²) >= 11 is 0. The van der Waals surface area contributed by atoms with Gasteiger partial charge in [-0.15, -0.1) is 0 Å². The van der Waals surface area contributed by atoms with E-state index in [2.05, 4.69) is 250 Å². The van der Waals surface area contributed by atoms with Crippen molar-refractivity contribution in [2.45, 2.75) is 227 Å². The molecule has 0 unspecified atom stereocenters. The Morgan fingerprint density at radius 2 is 0.374 bits per heavy atom. The fourth-order valence-electron chi connectivity index (χ4n) is 18.2. The maximum atomic E-state index is 14.9. The average Bonchev–Trinajstić information content (AvgIpc) is 0.821. The molecule has 12 aromatic carbocycles. The molecule has 0 amide bonds. The van der Waals surface area contributed by atoms with Crippen LogP contribution in [-0.4, -0.2) is 0 Å². The highest BCUT2D eigenvalue weighted by Gasteiger charge is 2.25. The van der Waals surface area contributed by atoms with E-state index < -0.39 is 0 Å². The minimum Gasteiger partial charge on any atom is -0.206 e. The molecule has 0 aromatic heterocycles. The van der Waals surface area contributed by atoms with Crippen molar-refractivity contribution in [1.29, 1.82) is 0 Å². The monoisotopic (exact) mass is 1530 g/mol. The predicted octanol–water partition coefficient (Wildman–Crippen LogP) is 33.2. The first-order chi connectivity index (χ1) is 56.0. The van der Waals surface area contributed by atoms with Crippen LogP contribution in [0.15, 0.2) is 267 Å². The maximum absolute atomic E-state index is 14.9. The molecule has 0 N–H and O–H groups in total. The van der Waals surface area contributed by atoms with Crippen LogP contribution >= 0.6 is 0 Å². The Labute approximate surface area is 687 Å². The molecule has 4 heteroatoms. The molecule has 115 heavy (non-hydrogen) atoms. The molecule has 4 saturated carbocycles. The summed E-state index contributed by atoms with van der Waals surface area (Å²) in [5.41, 5.74) is 25.5. The van der Waals surface area contributed by atoms with E-state index in [1.54, 1.807) is 24.3 Å². The van der Waals surface area contributed by atoms with Crippen molar-refractivity contribution in [1.82, 2.24) is 0 Å². The van der Waals surface area contributed by atoms with Crippen LogP contribution < -0.4 is 0 Å². The van der Waals surface area contributed by atoms with Gasteiger partial charge in [-0.2, -0.15) is 0 Å². The molecule has 0 radical (unpaired) electrons. The average molecular weight is 1530 g/mol. The first-order valence-electron chi connectivity index (χ1n) is 44.0. The van der Waals surface area contributed by atoms with E-state index in [1.807, 2.05) is 48.5 Å². The largest absolute Gasteiger partial charge is 0.206 e. The van der Waals surface area contributed by atoms with E-state index in [-0.39, 0.29) is 23.3 Å². The molecule has 0 atom stereocenters. The van der Waals surface area contributed by atoms with Gasteiger partial charge in [-0.1, -0.05) is 369 Å². The number of benzene rings is 12. The maximum Gasteiger partial charge on any atom is 0.131 e. The van der Waals surface area contributed by atoms with Crippen molar-refractivity contribution in [3.63, 3.8) is 0 Å². The topological polar surface area (TPSA) is 0 Å². The van der Waals surface area contributed by atoms with Gasteiger partial charge in [0.15, 0.2) is 0 Å². The van der Waals surface area contributed by atoms with E-state index in [1.165, 1.54) is 147 Å². The van der Waals surface area contributed by atoms with Crippen LogP contribution in [0.3, 0.4) is 0 Å². The van der Waals surface area contributed by atoms with Gasteiger partial charge in [-0.05, 0) is 260 Å². The number of rotatable bonds is 19. The molecule has 4 aliphatic carbocycles. The van der Waals surface area contributed by atoms with Crippen LogP contribution in [0.25, 0.3) is 89.0 Å². The van der Waals surface area contributed by atoms with Gasteiger partial charge in [0.1, 0.15) is 23.3 Å². The van der Waals surface area contributed by atoms with Crippen molar-refractivity contribution in [3.05, 3.63) is 335 Å². The van der Waals surface area contributed by atoms with Crippen molar-refractivity contribution in [2.24, 2.45) is 23.7 Å². The lowest BCUT2D eigenvalue weighted by molar-refractivity contribution is 0.348. The Hall–Kier alpha value is -9.64. The lowest BCUT2D eigenvalue weighted by Gasteiger charge is -2.26. The third kappa shape index (κ3) is 22.3. The number of halogens is 4. The molecule has 594 valence electrons. The summed E-state index contributed by atoms with van der Waals surface area (Å²) in [7, 11) is 0. The molecule has 0 spiro atoms. The normalized spacial score (nSPS) is 19.3. The molecule has 4 aliphatic rings. The smallest absolute Gasteiger partial charge is 0.131 e. The standard InChI is InChI=1S/3C28H31F.C27H29F/c3*1-3-4-21-7-11-24(12-8-21)26-17-18-27(28(29)19-26)25-15-13-23(14-16-25)22-9-5-20(2)6-10-22;1-3-20-6-10-23(11-7-20)25-16-17-26(27(28)18-25)24-14-12-22(13-15-24)21-8-4-19(2)5-9-21/h3*7-8,11-20,22H,3-6,9-10H2,1-2H3;6-7,10-19,21H,3-5,8-9H2,1-2H3. The minimum atomic E-state index is -0.156. The fraction of sp³-hybridized carbons (Fsp3) is 0.351. The van der Waals surface area contributed by atoms with Gasteiger partial charge in [0.25, 0.3) is 0 Å². The van der Waals surface area contributed by atoms with E-state index in [4.69, 9.17) is 0 Å². The minimum absolute atomic E-state index is 0.153. The number of hydrogen-bond acceptors (Lipinski definition) is 0. The Morgan fingerprint density at radius 3 is 0.548 bits per heavy atom. The highest BCUT2D eigenvalue weighted by atomic mass is 19.1. The zero-order valence-electron chi connectivity index (χ0n) is 69.8. The van der Waals surface area contributed by atoms with Crippen molar-refractivity contribution < 1.29 is 17.6 Å². The number of aryl methyl sites for hydroxylation is 4. The van der Waals surface area contributed by atoms with Crippen molar-refractivity contribution in [2.75, 3.05) is 0 Å². The second-order valence-electron chi connectivity index (χ2n) is 34.5. The van der Waals surface area contributed by atoms with E-state index in [9.17, 15) is 17.6 Å². The Bertz CT molecular complexity index is 4600. The van der Waals surface area contributed by atoms with Crippen LogP contribution in [-0.2, 0) is 25.7 Å². The Morgan fingerprint density at radius 1 is 0.200 bits per heavy atom. The summed E-state index contributed by atoms with van der Waals surface area (Å²) in [5, 5.41) is 0. The predicted molar refractivity (Wildman–Crippen MR) is 482 cm³/mol. The second-order valence-corrected chi connectivity index (χ2v) is 34.5. The molecular formula is C111H122F4. The zero-order chi connectivity index (χ0) is 80.2. The fourth-order valence-corrected chi connectivity index (χ4v) is 18.2. The lowest BCUT2D eigenvalue weighted by Crippen LogP contribution is -2.10. The van der Waals surface area contributed by atoms with Gasteiger partial charge in [0, 0.05) is 22.3 Å². The molecule has 0 nitrogen and oxygen atoms in total. The van der Waals surface area contributed by atoms with Crippen LogP contribution in [0.4, 0.5) is 17.6 Å². The van der Waals surface area contributed by atoms with Crippen molar-refractivity contribution in [3.8, 4) is 89.0 Å². The van der Waals surface area contributed by atoms with Gasteiger partial charge < -0.3 is 0 Å². The van der Waals surface area contributed by atoms with Crippen LogP contribution in [0.5, 0.6) is 0 Å². The summed E-state index contributed by atoms with van der Waals surface area (Å²) in [5.74, 6) is 5.51. The summed E-state index contributed by atoms with van der Waals surface area (Å²) in [6, 6.07) is 90.6. The zero-order valence-corrected chi connectivity index (χ0v) is 69.8. The SMILES string of the molecule is CCCc1ccc(-c2ccc(-c3ccc(C4CCC(C)CC4)cc3)c(F)c2)cc1.CCCc1ccc(-c2ccc(-c3ccc(C4CCC(C)CC4)cc3)c(F)c2)cc1.CCCc1ccc(-c2ccc(-c3ccc(C4CCC(C)CC4)cc3)c(F)c2)cc1.CCc1ccc(-c2ccc(-c3ccc(C4CCC(C)CC4)cc3)c(F)c2)cc1. The lowest BCUT2D eigenvalue weighted by atomic mass is 9.79.